The van der Waals surface area contributed by atoms with Gasteiger partial charge in [0, 0.05) is 30.7 Å². The molecule has 3 rings (SSSR count). The number of aromatic nitrogens is 1. The molecule has 1 aromatic carbocycles. The monoisotopic (exact) mass is 296 g/mol. The van der Waals surface area contributed by atoms with Gasteiger partial charge < -0.3 is 10.6 Å². The van der Waals surface area contributed by atoms with Crippen LogP contribution in [0.1, 0.15) is 16.9 Å². The predicted octanol–water partition coefficient (Wildman–Crippen LogP) is 2.25. The fourth-order valence-electron chi connectivity index (χ4n) is 2.29. The van der Waals surface area contributed by atoms with Crippen molar-refractivity contribution in [3.63, 3.8) is 0 Å². The SMILES string of the molecule is O=C(Nc1ccc(N2CCCNC2=O)cc1)c1ccccn1. The summed E-state index contributed by atoms with van der Waals surface area (Å²) in [5.41, 5.74) is 1.84. The molecule has 1 aliphatic heterocycles. The molecule has 0 aliphatic carbocycles. The van der Waals surface area contributed by atoms with Crippen LogP contribution >= 0.6 is 0 Å². The van der Waals surface area contributed by atoms with Gasteiger partial charge in [-0.25, -0.2) is 4.79 Å². The van der Waals surface area contributed by atoms with Crippen LogP contribution < -0.4 is 15.5 Å². The number of urea groups is 1. The lowest BCUT2D eigenvalue weighted by atomic mass is 10.2. The van der Waals surface area contributed by atoms with Crippen molar-refractivity contribution in [2.24, 2.45) is 0 Å². The van der Waals surface area contributed by atoms with E-state index in [0.717, 1.165) is 12.1 Å². The second kappa shape index (κ2) is 6.26. The van der Waals surface area contributed by atoms with Gasteiger partial charge in [0.1, 0.15) is 5.69 Å². The first kappa shape index (κ1) is 14.1. The minimum Gasteiger partial charge on any atom is -0.338 e. The molecule has 0 saturated carbocycles. The summed E-state index contributed by atoms with van der Waals surface area (Å²) < 4.78 is 0. The third-order valence-corrected chi connectivity index (χ3v) is 3.41. The number of carbonyl (C=O) groups excluding carboxylic acids is 2. The number of rotatable bonds is 3. The van der Waals surface area contributed by atoms with E-state index >= 15 is 0 Å². The summed E-state index contributed by atoms with van der Waals surface area (Å²) in [5, 5.41) is 5.59. The summed E-state index contributed by atoms with van der Waals surface area (Å²) in [6.45, 7) is 1.42. The minimum atomic E-state index is -0.260. The molecule has 6 heteroatoms. The van der Waals surface area contributed by atoms with Crippen LogP contribution in [-0.2, 0) is 0 Å². The highest BCUT2D eigenvalue weighted by molar-refractivity contribution is 6.03. The molecule has 6 nitrogen and oxygen atoms in total. The molecule has 0 unspecified atom stereocenters. The van der Waals surface area contributed by atoms with Crippen LogP contribution in [0, 0.1) is 0 Å². The Balaban J connectivity index is 1.69. The number of hydrogen-bond donors (Lipinski definition) is 2. The fourth-order valence-corrected chi connectivity index (χ4v) is 2.29. The maximum Gasteiger partial charge on any atom is 0.321 e. The number of carbonyl (C=O) groups is 2. The molecule has 2 aromatic rings. The average molecular weight is 296 g/mol. The third-order valence-electron chi connectivity index (χ3n) is 3.41. The maximum absolute atomic E-state index is 12.0. The van der Waals surface area contributed by atoms with E-state index in [1.165, 1.54) is 0 Å². The van der Waals surface area contributed by atoms with Gasteiger partial charge in [0.05, 0.1) is 0 Å². The Morgan fingerprint density at radius 2 is 2.00 bits per heavy atom. The Hall–Kier alpha value is -2.89. The number of pyridine rings is 1. The van der Waals surface area contributed by atoms with Crippen molar-refractivity contribution in [2.45, 2.75) is 6.42 Å². The topological polar surface area (TPSA) is 74.3 Å². The number of hydrogen-bond acceptors (Lipinski definition) is 3. The molecule has 0 atom stereocenters. The molecule has 2 heterocycles. The Bertz CT molecular complexity index is 670. The quantitative estimate of drug-likeness (QED) is 0.912. The van der Waals surface area contributed by atoms with Crippen molar-refractivity contribution in [3.8, 4) is 0 Å². The number of anilines is 2. The van der Waals surface area contributed by atoms with Crippen LogP contribution in [0.5, 0.6) is 0 Å². The first-order valence-electron chi connectivity index (χ1n) is 7.12. The van der Waals surface area contributed by atoms with Gasteiger partial charge in [-0.15, -0.1) is 0 Å². The van der Waals surface area contributed by atoms with E-state index in [9.17, 15) is 9.59 Å². The summed E-state index contributed by atoms with van der Waals surface area (Å²) in [6.07, 6.45) is 2.50. The maximum atomic E-state index is 12.0. The summed E-state index contributed by atoms with van der Waals surface area (Å²) in [4.78, 5) is 29.5. The van der Waals surface area contributed by atoms with Crippen molar-refractivity contribution in [3.05, 3.63) is 54.4 Å². The first-order chi connectivity index (χ1) is 10.7. The van der Waals surface area contributed by atoms with Gasteiger partial charge in [0.2, 0.25) is 0 Å². The molecular formula is C16H16N4O2. The van der Waals surface area contributed by atoms with Gasteiger partial charge in [0.15, 0.2) is 0 Å². The van der Waals surface area contributed by atoms with E-state index in [1.54, 1.807) is 41.4 Å². The second-order valence-electron chi connectivity index (χ2n) is 4.95. The zero-order chi connectivity index (χ0) is 15.4. The molecule has 0 bridgehead atoms. The van der Waals surface area contributed by atoms with Gasteiger partial charge in [-0.2, -0.15) is 0 Å². The lowest BCUT2D eigenvalue weighted by Crippen LogP contribution is -2.46. The molecule has 0 spiro atoms. The Labute approximate surface area is 128 Å². The molecule has 112 valence electrons. The van der Waals surface area contributed by atoms with Crippen LogP contribution in [0.15, 0.2) is 48.7 Å². The van der Waals surface area contributed by atoms with E-state index < -0.39 is 0 Å². The van der Waals surface area contributed by atoms with Crippen LogP contribution in [0.3, 0.4) is 0 Å². The Morgan fingerprint density at radius 3 is 2.68 bits per heavy atom. The van der Waals surface area contributed by atoms with Crippen LogP contribution in [0.25, 0.3) is 0 Å². The van der Waals surface area contributed by atoms with Crippen LogP contribution in [-0.4, -0.2) is 30.0 Å². The fraction of sp³-hybridized carbons (Fsp3) is 0.188. The standard InChI is InChI=1S/C16H16N4O2/c21-15(14-4-1-2-9-17-14)19-12-5-7-13(8-6-12)20-11-3-10-18-16(20)22/h1-2,4-9H,3,10-11H2,(H,18,22)(H,19,21). The van der Waals surface area contributed by atoms with Crippen molar-refractivity contribution < 1.29 is 9.59 Å². The lowest BCUT2D eigenvalue weighted by Gasteiger charge is -2.27. The predicted molar refractivity (Wildman–Crippen MR) is 84.0 cm³/mol. The molecule has 0 radical (unpaired) electrons. The number of amides is 3. The Morgan fingerprint density at radius 1 is 1.18 bits per heavy atom. The van der Waals surface area contributed by atoms with E-state index in [2.05, 4.69) is 15.6 Å². The number of nitrogens with one attached hydrogen (secondary N) is 2. The smallest absolute Gasteiger partial charge is 0.321 e. The van der Waals surface area contributed by atoms with Crippen molar-refractivity contribution >= 4 is 23.3 Å². The van der Waals surface area contributed by atoms with Crippen LogP contribution in [0.2, 0.25) is 0 Å². The first-order valence-corrected chi connectivity index (χ1v) is 7.12. The van der Waals surface area contributed by atoms with E-state index in [-0.39, 0.29) is 11.9 Å². The van der Waals surface area contributed by atoms with Gasteiger partial charge in [-0.3, -0.25) is 14.7 Å². The molecule has 22 heavy (non-hydrogen) atoms. The van der Waals surface area contributed by atoms with Gasteiger partial charge in [0.25, 0.3) is 5.91 Å². The summed E-state index contributed by atoms with van der Waals surface area (Å²) in [5.74, 6) is -0.260. The summed E-state index contributed by atoms with van der Waals surface area (Å²) >= 11 is 0. The number of benzene rings is 1. The molecule has 3 amide bonds. The molecular weight excluding hydrogens is 280 g/mol. The zero-order valence-corrected chi connectivity index (χ0v) is 12.0. The second-order valence-corrected chi connectivity index (χ2v) is 4.95. The van der Waals surface area contributed by atoms with Gasteiger partial charge in [-0.1, -0.05) is 6.07 Å². The molecule has 1 aromatic heterocycles. The van der Waals surface area contributed by atoms with Crippen molar-refractivity contribution in [1.29, 1.82) is 0 Å². The largest absolute Gasteiger partial charge is 0.338 e. The molecule has 1 fully saturated rings. The molecule has 1 aliphatic rings. The zero-order valence-electron chi connectivity index (χ0n) is 12.0. The van der Waals surface area contributed by atoms with Gasteiger partial charge >= 0.3 is 6.03 Å². The summed E-state index contributed by atoms with van der Waals surface area (Å²) in [6, 6.07) is 12.3. The van der Waals surface area contributed by atoms with Crippen LogP contribution in [0.4, 0.5) is 16.2 Å². The normalized spacial score (nSPS) is 14.4. The Kier molecular flexibility index (Phi) is 4.00. The average Bonchev–Trinajstić information content (AvgIpc) is 2.57. The van der Waals surface area contributed by atoms with Crippen molar-refractivity contribution in [1.82, 2.24) is 10.3 Å². The highest BCUT2D eigenvalue weighted by atomic mass is 16.2. The van der Waals surface area contributed by atoms with E-state index in [1.807, 2.05) is 12.1 Å². The summed E-state index contributed by atoms with van der Waals surface area (Å²) in [7, 11) is 0. The highest BCUT2D eigenvalue weighted by Gasteiger charge is 2.18. The molecule has 2 N–H and O–H groups in total. The van der Waals surface area contributed by atoms with E-state index in [0.29, 0.717) is 24.5 Å². The lowest BCUT2D eigenvalue weighted by molar-refractivity contribution is 0.102. The van der Waals surface area contributed by atoms with Crippen molar-refractivity contribution in [2.75, 3.05) is 23.3 Å². The van der Waals surface area contributed by atoms with Gasteiger partial charge in [-0.05, 0) is 42.8 Å². The highest BCUT2D eigenvalue weighted by Crippen LogP contribution is 2.20. The molecule has 1 saturated heterocycles. The third kappa shape index (κ3) is 3.06. The number of nitrogens with zero attached hydrogens (tertiary/aromatic N) is 2. The minimum absolute atomic E-state index is 0.0866. The van der Waals surface area contributed by atoms with E-state index in [4.69, 9.17) is 0 Å².